The van der Waals surface area contributed by atoms with Crippen molar-refractivity contribution in [2.75, 3.05) is 32.7 Å². The minimum absolute atomic E-state index is 0.126. The minimum atomic E-state index is -2.70. The van der Waals surface area contributed by atoms with Gasteiger partial charge < -0.3 is 10.2 Å². The Morgan fingerprint density at radius 1 is 1.16 bits per heavy atom. The maximum atomic E-state index is 13.5. The predicted molar refractivity (Wildman–Crippen MR) is 73.6 cm³/mol. The molecule has 0 bridgehead atoms. The van der Waals surface area contributed by atoms with Crippen molar-refractivity contribution in [2.45, 2.75) is 25.7 Å². The summed E-state index contributed by atoms with van der Waals surface area (Å²) in [5.41, 5.74) is 1.26. The molecule has 0 spiro atoms. The van der Waals surface area contributed by atoms with Gasteiger partial charge in [0, 0.05) is 44.7 Å². The van der Waals surface area contributed by atoms with E-state index in [9.17, 15) is 8.78 Å². The van der Waals surface area contributed by atoms with Gasteiger partial charge in [0.25, 0.3) is 5.92 Å². The molecule has 1 N–H and O–H groups in total. The van der Waals surface area contributed by atoms with E-state index < -0.39 is 5.92 Å². The molecule has 1 aliphatic rings. The van der Waals surface area contributed by atoms with E-state index in [1.807, 2.05) is 12.1 Å². The molecule has 0 unspecified atom stereocenters. The topological polar surface area (TPSA) is 15.3 Å². The van der Waals surface area contributed by atoms with Gasteiger partial charge in [-0.1, -0.05) is 31.2 Å². The van der Waals surface area contributed by atoms with Gasteiger partial charge in [0.2, 0.25) is 0 Å². The van der Waals surface area contributed by atoms with Gasteiger partial charge >= 0.3 is 0 Å². The third-order valence-corrected chi connectivity index (χ3v) is 3.75. The number of hydrogen-bond donors (Lipinski definition) is 1. The van der Waals surface area contributed by atoms with Crippen molar-refractivity contribution in [1.29, 1.82) is 0 Å². The molecular weight excluding hydrogens is 246 g/mol. The van der Waals surface area contributed by atoms with Crippen molar-refractivity contribution >= 4 is 0 Å². The first-order valence-corrected chi connectivity index (χ1v) is 7.02. The highest BCUT2D eigenvalue weighted by Crippen LogP contribution is 2.31. The summed E-state index contributed by atoms with van der Waals surface area (Å²) < 4.78 is 27.0. The van der Waals surface area contributed by atoms with E-state index in [-0.39, 0.29) is 12.0 Å². The molecule has 1 aliphatic heterocycles. The van der Waals surface area contributed by atoms with Crippen LogP contribution in [-0.2, 0) is 12.3 Å². The molecule has 2 rings (SSSR count). The van der Waals surface area contributed by atoms with Crippen LogP contribution in [0.2, 0.25) is 0 Å². The standard InChI is InChI=1S/C15H22F2N2/c1-2-15(16,17)14-5-3-13(4-6-14)7-10-19-11-8-18-9-12-19/h3-6,18H,2,7-12H2,1H3. The van der Waals surface area contributed by atoms with Crippen LogP contribution < -0.4 is 5.32 Å². The Bertz CT molecular complexity index is 384. The molecule has 0 amide bonds. The number of nitrogens with one attached hydrogen (secondary N) is 1. The fourth-order valence-electron chi connectivity index (χ4n) is 2.34. The summed E-state index contributed by atoms with van der Waals surface area (Å²) >= 11 is 0. The first-order chi connectivity index (χ1) is 9.12. The number of rotatable bonds is 5. The Hall–Kier alpha value is -1.00. The number of benzene rings is 1. The van der Waals surface area contributed by atoms with Crippen LogP contribution >= 0.6 is 0 Å². The molecule has 1 fully saturated rings. The highest BCUT2D eigenvalue weighted by Gasteiger charge is 2.28. The first-order valence-electron chi connectivity index (χ1n) is 7.02. The third-order valence-electron chi connectivity index (χ3n) is 3.75. The maximum absolute atomic E-state index is 13.5. The minimum Gasteiger partial charge on any atom is -0.314 e. The summed E-state index contributed by atoms with van der Waals surface area (Å²) in [6.07, 6.45) is 0.783. The van der Waals surface area contributed by atoms with Gasteiger partial charge in [-0.25, -0.2) is 8.78 Å². The fraction of sp³-hybridized carbons (Fsp3) is 0.600. The van der Waals surface area contributed by atoms with Crippen molar-refractivity contribution in [2.24, 2.45) is 0 Å². The Kier molecular flexibility index (Phi) is 4.88. The van der Waals surface area contributed by atoms with E-state index in [1.54, 1.807) is 12.1 Å². The highest BCUT2D eigenvalue weighted by atomic mass is 19.3. The van der Waals surface area contributed by atoms with Crippen LogP contribution in [0.25, 0.3) is 0 Å². The van der Waals surface area contributed by atoms with Crippen LogP contribution in [0.4, 0.5) is 8.78 Å². The summed E-state index contributed by atoms with van der Waals surface area (Å²) in [5, 5.41) is 3.32. The monoisotopic (exact) mass is 268 g/mol. The van der Waals surface area contributed by atoms with Gasteiger partial charge in [0.1, 0.15) is 0 Å². The summed E-state index contributed by atoms with van der Waals surface area (Å²) in [6.45, 7) is 6.75. The quantitative estimate of drug-likeness (QED) is 0.883. The molecule has 106 valence electrons. The lowest BCUT2D eigenvalue weighted by Gasteiger charge is -2.27. The molecule has 0 aromatic heterocycles. The van der Waals surface area contributed by atoms with Gasteiger partial charge in [-0.05, 0) is 12.0 Å². The second-order valence-electron chi connectivity index (χ2n) is 5.10. The lowest BCUT2D eigenvalue weighted by Crippen LogP contribution is -2.44. The van der Waals surface area contributed by atoms with Crippen LogP contribution in [0.1, 0.15) is 24.5 Å². The fourth-order valence-corrected chi connectivity index (χ4v) is 2.34. The summed E-state index contributed by atoms with van der Waals surface area (Å²) in [7, 11) is 0. The average molecular weight is 268 g/mol. The molecule has 1 aromatic rings. The molecule has 0 atom stereocenters. The zero-order valence-corrected chi connectivity index (χ0v) is 11.5. The summed E-state index contributed by atoms with van der Waals surface area (Å²) in [6, 6.07) is 6.80. The van der Waals surface area contributed by atoms with E-state index in [0.29, 0.717) is 0 Å². The normalized spacial score (nSPS) is 17.6. The predicted octanol–water partition coefficient (Wildman–Crippen LogP) is 2.64. The zero-order valence-electron chi connectivity index (χ0n) is 11.5. The molecule has 0 radical (unpaired) electrons. The second-order valence-corrected chi connectivity index (χ2v) is 5.10. The molecule has 19 heavy (non-hydrogen) atoms. The maximum Gasteiger partial charge on any atom is 0.273 e. The van der Waals surface area contributed by atoms with Gasteiger partial charge in [0.05, 0.1) is 0 Å². The third kappa shape index (κ3) is 3.98. The second kappa shape index (κ2) is 6.44. The molecule has 0 aliphatic carbocycles. The Morgan fingerprint density at radius 2 is 1.79 bits per heavy atom. The van der Waals surface area contributed by atoms with Crippen LogP contribution in [0.15, 0.2) is 24.3 Å². The molecule has 1 aromatic carbocycles. The van der Waals surface area contributed by atoms with Crippen molar-refractivity contribution in [1.82, 2.24) is 10.2 Å². The average Bonchev–Trinajstić information content (AvgIpc) is 2.47. The van der Waals surface area contributed by atoms with Crippen LogP contribution in [0.5, 0.6) is 0 Å². The van der Waals surface area contributed by atoms with Crippen molar-refractivity contribution in [3.8, 4) is 0 Å². The summed E-state index contributed by atoms with van der Waals surface area (Å²) in [5.74, 6) is -2.70. The lowest BCUT2D eigenvalue weighted by molar-refractivity contribution is -0.00829. The largest absolute Gasteiger partial charge is 0.314 e. The Balaban J connectivity index is 1.88. The van der Waals surface area contributed by atoms with Crippen LogP contribution in [0, 0.1) is 0 Å². The van der Waals surface area contributed by atoms with E-state index in [2.05, 4.69) is 10.2 Å². The highest BCUT2D eigenvalue weighted by molar-refractivity contribution is 5.26. The number of hydrogen-bond acceptors (Lipinski definition) is 2. The zero-order chi connectivity index (χ0) is 13.7. The Labute approximate surface area is 113 Å². The molecular formula is C15H22F2N2. The van der Waals surface area contributed by atoms with Crippen molar-refractivity contribution in [3.05, 3.63) is 35.4 Å². The van der Waals surface area contributed by atoms with Gasteiger partial charge in [-0.15, -0.1) is 0 Å². The lowest BCUT2D eigenvalue weighted by atomic mass is 10.0. The van der Waals surface area contributed by atoms with Crippen LogP contribution in [0.3, 0.4) is 0 Å². The molecule has 1 saturated heterocycles. The van der Waals surface area contributed by atoms with Crippen LogP contribution in [-0.4, -0.2) is 37.6 Å². The molecule has 1 heterocycles. The van der Waals surface area contributed by atoms with E-state index in [4.69, 9.17) is 0 Å². The first kappa shape index (κ1) is 14.4. The van der Waals surface area contributed by atoms with Gasteiger partial charge in [0.15, 0.2) is 0 Å². The van der Waals surface area contributed by atoms with E-state index in [0.717, 1.165) is 44.7 Å². The van der Waals surface area contributed by atoms with Gasteiger partial charge in [-0.2, -0.15) is 0 Å². The van der Waals surface area contributed by atoms with Crippen molar-refractivity contribution < 1.29 is 8.78 Å². The molecule has 4 heteroatoms. The number of halogens is 2. The van der Waals surface area contributed by atoms with Gasteiger partial charge in [-0.3, -0.25) is 0 Å². The smallest absolute Gasteiger partial charge is 0.273 e. The molecule has 2 nitrogen and oxygen atoms in total. The van der Waals surface area contributed by atoms with E-state index in [1.165, 1.54) is 6.92 Å². The number of nitrogens with zero attached hydrogens (tertiary/aromatic N) is 1. The number of alkyl halides is 2. The SMILES string of the molecule is CCC(F)(F)c1ccc(CCN2CCNCC2)cc1. The Morgan fingerprint density at radius 3 is 2.37 bits per heavy atom. The molecule has 0 saturated carbocycles. The van der Waals surface area contributed by atoms with E-state index >= 15 is 0 Å². The summed E-state index contributed by atoms with van der Waals surface area (Å²) in [4.78, 5) is 2.41. The number of piperazine rings is 1. The van der Waals surface area contributed by atoms with Crippen molar-refractivity contribution in [3.63, 3.8) is 0 Å².